The van der Waals surface area contributed by atoms with Gasteiger partial charge < -0.3 is 45.5 Å². The third-order valence-electron chi connectivity index (χ3n) is 6.78. The minimum atomic E-state index is -5.18. The number of imidazole rings is 1. The third kappa shape index (κ3) is 6.61. The molecule has 2 saturated heterocycles. The molecule has 0 amide bonds. The first-order chi connectivity index (χ1) is 21.7. The smallest absolute Gasteiger partial charge is 0.455 e. The molecular weight excluding hydrogens is 645 g/mol. The number of carbonyl (C=O) groups is 2. The predicted octanol–water partition coefficient (Wildman–Crippen LogP) is -3.55. The Morgan fingerprint density at radius 2 is 1.63 bits per heavy atom. The van der Waals surface area contributed by atoms with Crippen LogP contribution in [-0.4, -0.2) is 111 Å². The number of esters is 2. The van der Waals surface area contributed by atoms with E-state index < -0.39 is 93.3 Å². The average molecular weight is 673 g/mol. The Morgan fingerprint density at radius 3 is 2.28 bits per heavy atom. The number of nitrogen functional groups attached to an aromatic ring is 2. The van der Waals surface area contributed by atoms with Crippen molar-refractivity contribution in [1.29, 1.82) is 0 Å². The van der Waals surface area contributed by atoms with Crippen LogP contribution in [0.2, 0.25) is 0 Å². The molecule has 9 atom stereocenters. The summed E-state index contributed by atoms with van der Waals surface area (Å²) >= 11 is 0. The van der Waals surface area contributed by atoms with E-state index in [0.717, 1.165) is 31.1 Å². The summed E-state index contributed by atoms with van der Waals surface area (Å²) in [4.78, 5) is 76.4. The van der Waals surface area contributed by atoms with Crippen molar-refractivity contribution in [2.45, 2.75) is 62.9 Å². The molecule has 0 spiro atoms. The Kier molecular flexibility index (Phi) is 9.19. The van der Waals surface area contributed by atoms with E-state index in [1.807, 2.05) is 0 Å². The highest BCUT2D eigenvalue weighted by molar-refractivity contribution is 7.47. The number of ether oxygens (including phenoxy) is 4. The summed E-state index contributed by atoms with van der Waals surface area (Å²) in [5, 5.41) is 20.9. The highest BCUT2D eigenvalue weighted by Crippen LogP contribution is 2.49. The van der Waals surface area contributed by atoms with Crippen molar-refractivity contribution in [3.8, 4) is 0 Å². The van der Waals surface area contributed by atoms with Crippen LogP contribution in [0.15, 0.2) is 22.2 Å². The molecule has 8 N–H and O–H groups in total. The summed E-state index contributed by atoms with van der Waals surface area (Å²) in [5.74, 6) is -2.36. The molecule has 0 saturated carbocycles. The number of hydrogen-bond acceptors (Lipinski definition) is 19. The van der Waals surface area contributed by atoms with Gasteiger partial charge in [-0.15, -0.1) is 0 Å². The van der Waals surface area contributed by atoms with E-state index >= 15 is 0 Å². The lowest BCUT2D eigenvalue weighted by molar-refractivity contribution is -0.156. The first kappa shape index (κ1) is 33.0. The monoisotopic (exact) mass is 673 g/mol. The van der Waals surface area contributed by atoms with Crippen LogP contribution in [-0.2, 0) is 42.1 Å². The molecule has 0 bridgehead atoms. The minimum Gasteiger partial charge on any atom is -0.455 e. The van der Waals surface area contributed by atoms with Gasteiger partial charge in [-0.05, 0) is 0 Å². The minimum absolute atomic E-state index is 0.0821. The van der Waals surface area contributed by atoms with Gasteiger partial charge >= 0.3 is 25.5 Å². The van der Waals surface area contributed by atoms with Crippen LogP contribution in [0.5, 0.6) is 0 Å². The van der Waals surface area contributed by atoms with Crippen molar-refractivity contribution in [1.82, 2.24) is 34.1 Å². The summed E-state index contributed by atoms with van der Waals surface area (Å²) in [5.41, 5.74) is 9.17. The van der Waals surface area contributed by atoms with E-state index in [-0.39, 0.29) is 23.1 Å². The number of nitrogens with two attached hydrogens (primary N) is 2. The largest absolute Gasteiger partial charge is 0.472 e. The molecule has 3 aromatic rings. The first-order valence-corrected chi connectivity index (χ1v) is 14.7. The Hall–Kier alpha value is -4.35. The van der Waals surface area contributed by atoms with Crippen LogP contribution in [0.1, 0.15) is 26.3 Å². The normalized spacial score (nSPS) is 29.1. The lowest BCUT2D eigenvalue weighted by atomic mass is 10.1. The van der Waals surface area contributed by atoms with Crippen LogP contribution >= 0.6 is 7.82 Å². The second-order valence-corrected chi connectivity index (χ2v) is 11.4. The number of aliphatic hydroxyl groups excluding tert-OH is 2. The van der Waals surface area contributed by atoms with Gasteiger partial charge in [0.2, 0.25) is 11.9 Å². The topological polar surface area (TPSA) is 331 Å². The van der Waals surface area contributed by atoms with Crippen LogP contribution in [0.25, 0.3) is 11.2 Å². The number of hydrogen-bond donors (Lipinski definition) is 6. The molecule has 24 heteroatoms. The molecular formula is C22H28N9O14P. The van der Waals surface area contributed by atoms with Crippen molar-refractivity contribution >= 4 is 42.8 Å². The Labute approximate surface area is 255 Å². The van der Waals surface area contributed by atoms with Gasteiger partial charge in [0.25, 0.3) is 5.56 Å². The van der Waals surface area contributed by atoms with Crippen LogP contribution in [0.4, 0.5) is 11.9 Å². The Morgan fingerprint density at radius 1 is 1.00 bits per heavy atom. The van der Waals surface area contributed by atoms with Gasteiger partial charge in [0.15, 0.2) is 35.8 Å². The molecule has 23 nitrogen and oxygen atoms in total. The maximum atomic E-state index is 13.1. The number of rotatable bonds is 10. The van der Waals surface area contributed by atoms with E-state index in [2.05, 4.69) is 24.9 Å². The maximum Gasteiger partial charge on any atom is 0.472 e. The second-order valence-electron chi connectivity index (χ2n) is 9.97. The van der Waals surface area contributed by atoms with Crippen molar-refractivity contribution in [3.05, 3.63) is 33.5 Å². The van der Waals surface area contributed by atoms with Crippen molar-refractivity contribution < 1.29 is 57.3 Å². The number of carbonyl (C=O) groups excluding carboxylic acids is 2. The summed E-state index contributed by atoms with van der Waals surface area (Å²) < 4.78 is 47.2. The number of aromatic amines is 1. The average Bonchev–Trinajstić information content (AvgIpc) is 3.61. The van der Waals surface area contributed by atoms with Crippen molar-refractivity contribution in [2.24, 2.45) is 0 Å². The summed E-state index contributed by atoms with van der Waals surface area (Å²) in [6.07, 6.45) is -10.1. The van der Waals surface area contributed by atoms with Gasteiger partial charge in [-0.1, -0.05) is 0 Å². The van der Waals surface area contributed by atoms with Gasteiger partial charge in [0, 0.05) is 13.8 Å². The highest BCUT2D eigenvalue weighted by atomic mass is 31.2. The number of H-pyrrole nitrogens is 1. The first-order valence-electron chi connectivity index (χ1n) is 13.2. The zero-order valence-corrected chi connectivity index (χ0v) is 24.7. The van der Waals surface area contributed by atoms with Gasteiger partial charge in [-0.2, -0.15) is 9.97 Å². The zero-order valence-electron chi connectivity index (χ0n) is 23.8. The third-order valence-corrected chi connectivity index (χ3v) is 7.77. The molecule has 0 aliphatic carbocycles. The zero-order chi connectivity index (χ0) is 33.5. The van der Waals surface area contributed by atoms with E-state index in [1.54, 1.807) is 0 Å². The van der Waals surface area contributed by atoms with Gasteiger partial charge in [0.05, 0.1) is 19.5 Å². The quantitative estimate of drug-likeness (QED) is 0.0895. The lowest BCUT2D eigenvalue weighted by Gasteiger charge is -2.26. The second kappa shape index (κ2) is 12.8. The Balaban J connectivity index is 1.35. The van der Waals surface area contributed by atoms with Crippen molar-refractivity contribution in [3.63, 3.8) is 0 Å². The standard InChI is InChI=1S/C22H28N9O14P/c1-7(33)41-14-12(35)10(44-18(14)30-5-25-11-16(30)27-21(24)28-17(11)36)4-40-46(38,39)45-13-9(3-32)43-19(15(13)42-8(2)34)31-6-26-20(23)29-22(31)37/h5-6,9-10,12-15,18-19,32,35H,3-4H2,1-2H3,(H,38,39)(H2,23,29,37)(H3,24,27,28,36)/t9-,10-,12+,13?,14?,15?,18-,19-/m1/s1. The van der Waals surface area contributed by atoms with Crippen LogP contribution in [0, 0.1) is 0 Å². The van der Waals surface area contributed by atoms with E-state index in [0.29, 0.717) is 0 Å². The summed E-state index contributed by atoms with van der Waals surface area (Å²) in [6, 6.07) is 0. The summed E-state index contributed by atoms with van der Waals surface area (Å²) in [6.45, 7) is 0.390. The molecule has 0 aromatic carbocycles. The van der Waals surface area contributed by atoms with Gasteiger partial charge in [-0.3, -0.25) is 37.5 Å². The highest BCUT2D eigenvalue weighted by Gasteiger charge is 2.53. The molecule has 250 valence electrons. The molecule has 5 rings (SSSR count). The van der Waals surface area contributed by atoms with E-state index in [4.69, 9.17) is 39.5 Å². The maximum absolute atomic E-state index is 13.1. The number of nitrogens with one attached hydrogen (secondary N) is 1. The van der Waals surface area contributed by atoms with Crippen molar-refractivity contribution in [2.75, 3.05) is 24.7 Å². The molecule has 4 unspecified atom stereocenters. The SMILES string of the molecule is CC(=O)OC1C(OP(=O)(O)OC[C@H]2O[C@@H](n3cnc4c(=O)[nH]c(N)nc43)C(OC(C)=O)[C@H]2O)[C@@H](CO)O[C@H]1n1cnc(N)nc1=O. The fourth-order valence-corrected chi connectivity index (χ4v) is 5.89. The molecule has 2 fully saturated rings. The number of fused-ring (bicyclic) bond motifs is 1. The van der Waals surface area contributed by atoms with Crippen LogP contribution < -0.4 is 22.7 Å². The molecule has 2 aliphatic heterocycles. The van der Waals surface area contributed by atoms with Crippen LogP contribution in [0.3, 0.4) is 0 Å². The predicted molar refractivity (Wildman–Crippen MR) is 146 cm³/mol. The van der Waals surface area contributed by atoms with E-state index in [9.17, 15) is 38.8 Å². The Bertz CT molecular complexity index is 1800. The number of nitrogens with zero attached hydrogens (tertiary/aromatic N) is 6. The fourth-order valence-electron chi connectivity index (χ4n) is 4.93. The molecule has 46 heavy (non-hydrogen) atoms. The summed E-state index contributed by atoms with van der Waals surface area (Å²) in [7, 11) is -5.18. The molecule has 5 heterocycles. The fraction of sp³-hybridized carbons (Fsp3) is 0.545. The number of anilines is 2. The molecule has 0 radical (unpaired) electrons. The van der Waals surface area contributed by atoms with Gasteiger partial charge in [0.1, 0.15) is 30.7 Å². The van der Waals surface area contributed by atoms with Gasteiger partial charge in [-0.25, -0.2) is 19.3 Å². The number of aromatic nitrogens is 7. The lowest BCUT2D eigenvalue weighted by Crippen LogP contribution is -2.40. The molecule has 2 aliphatic rings. The number of aliphatic hydroxyl groups is 2. The molecule has 3 aromatic heterocycles. The number of phosphoric acid groups is 1. The number of phosphoric ester groups is 1. The van der Waals surface area contributed by atoms with E-state index in [1.165, 1.54) is 4.57 Å².